The lowest BCUT2D eigenvalue weighted by atomic mass is 10.1. The number of aliphatic hydroxyl groups excluding tert-OH is 3. The third kappa shape index (κ3) is 4.53. The Morgan fingerprint density at radius 2 is 1.19 bits per heavy atom. The molecule has 0 radical (unpaired) electrons. The van der Waals surface area contributed by atoms with E-state index in [0.29, 0.717) is 47.1 Å². The molecule has 1 aliphatic heterocycles. The highest BCUT2D eigenvalue weighted by Crippen LogP contribution is 2.41. The van der Waals surface area contributed by atoms with Crippen LogP contribution >= 0.6 is 0 Å². The second kappa shape index (κ2) is 11.0. The van der Waals surface area contributed by atoms with E-state index in [1.54, 1.807) is 0 Å². The van der Waals surface area contributed by atoms with Crippen LogP contribution in [0, 0.1) is 0 Å². The van der Waals surface area contributed by atoms with Crippen LogP contribution in [0.1, 0.15) is 11.1 Å². The molecule has 0 aliphatic carbocycles. The van der Waals surface area contributed by atoms with Crippen molar-refractivity contribution < 1.29 is 20.1 Å². The molecule has 14 nitrogen and oxygen atoms in total. The minimum Gasteiger partial charge on any atom is -0.394 e. The van der Waals surface area contributed by atoms with E-state index < -0.39 is 30.8 Å². The number of rotatable bonds is 9. The average Bonchev–Trinajstić information content (AvgIpc) is 3.76. The maximum absolute atomic E-state index is 11.6. The van der Waals surface area contributed by atoms with Crippen LogP contribution in [0.2, 0.25) is 0 Å². The van der Waals surface area contributed by atoms with Gasteiger partial charge in [0.15, 0.2) is 40.1 Å². The average molecular weight is 581 g/mol. The standard InChI is InChI=1S/C29H28N10O4/c40-13-20-23(41)24(42)29(43-20,38-16-36-21-25(32-14-34-27(21)38)30-11-18-7-3-1-4-8-18)39-17-37-22-26(33-15-35-28(22)39)31-12-19-9-5-2-6-10-19/h1-10,14-17,20,23-24,40-42H,11-13H2,(H,30,32,34)(H,31,33,35)/t20-,23-,24-/m1/s1. The molecule has 0 amide bonds. The molecule has 4 aromatic heterocycles. The van der Waals surface area contributed by atoms with Gasteiger partial charge in [0.2, 0.25) is 0 Å². The Labute approximate surface area is 244 Å². The van der Waals surface area contributed by atoms with Crippen molar-refractivity contribution in [1.82, 2.24) is 39.0 Å². The van der Waals surface area contributed by atoms with E-state index in [1.807, 2.05) is 60.7 Å². The normalized spacial score (nSPS) is 19.7. The minimum absolute atomic E-state index is 0.314. The first-order valence-electron chi connectivity index (χ1n) is 13.7. The van der Waals surface area contributed by atoms with E-state index in [1.165, 1.54) is 34.4 Å². The molecule has 7 rings (SSSR count). The zero-order valence-electron chi connectivity index (χ0n) is 22.8. The molecule has 1 fully saturated rings. The van der Waals surface area contributed by atoms with Gasteiger partial charge in [-0.25, -0.2) is 29.9 Å². The van der Waals surface area contributed by atoms with Gasteiger partial charge in [0.1, 0.15) is 37.5 Å². The third-order valence-electron chi connectivity index (χ3n) is 7.56. The molecule has 218 valence electrons. The van der Waals surface area contributed by atoms with Crippen LogP contribution in [-0.2, 0) is 23.7 Å². The molecule has 2 aromatic carbocycles. The molecule has 3 atom stereocenters. The summed E-state index contributed by atoms with van der Waals surface area (Å²) < 4.78 is 9.30. The van der Waals surface area contributed by atoms with E-state index in [0.717, 1.165) is 11.1 Å². The monoisotopic (exact) mass is 580 g/mol. The summed E-state index contributed by atoms with van der Waals surface area (Å²) in [5, 5.41) is 39.2. The zero-order valence-corrected chi connectivity index (χ0v) is 22.8. The molecule has 5 heterocycles. The fourth-order valence-corrected chi connectivity index (χ4v) is 5.41. The summed E-state index contributed by atoms with van der Waals surface area (Å²) in [4.78, 5) is 26.8. The van der Waals surface area contributed by atoms with Crippen molar-refractivity contribution in [3.8, 4) is 0 Å². The highest BCUT2D eigenvalue weighted by atomic mass is 16.6. The molecule has 1 saturated heterocycles. The number of fused-ring (bicyclic) bond motifs is 2. The molecule has 43 heavy (non-hydrogen) atoms. The maximum Gasteiger partial charge on any atom is 0.264 e. The quantitative estimate of drug-likeness (QED) is 0.166. The smallest absolute Gasteiger partial charge is 0.264 e. The lowest BCUT2D eigenvalue weighted by Crippen LogP contribution is -2.51. The van der Waals surface area contributed by atoms with Crippen LogP contribution in [0.5, 0.6) is 0 Å². The van der Waals surface area contributed by atoms with Crippen molar-refractivity contribution in [3.05, 3.63) is 97.1 Å². The SMILES string of the molecule is OC[C@H]1OC(n2cnc3c(NCc4ccccc4)ncnc32)(n2cnc3c(NCc4ccccc4)ncnc32)[C@H](O)[C@@H]1O. The summed E-state index contributed by atoms with van der Waals surface area (Å²) >= 11 is 0. The van der Waals surface area contributed by atoms with Gasteiger partial charge in [-0.05, 0) is 11.1 Å². The molecule has 14 heteroatoms. The number of ether oxygens (including phenoxy) is 1. The van der Waals surface area contributed by atoms with Crippen molar-refractivity contribution in [3.63, 3.8) is 0 Å². The summed E-state index contributed by atoms with van der Waals surface area (Å²) in [7, 11) is 0. The number of nitrogens with zero attached hydrogens (tertiary/aromatic N) is 8. The Bertz CT molecular complexity index is 1740. The Morgan fingerprint density at radius 1 is 0.698 bits per heavy atom. The van der Waals surface area contributed by atoms with Crippen molar-refractivity contribution in [2.75, 3.05) is 17.2 Å². The van der Waals surface area contributed by atoms with E-state index >= 15 is 0 Å². The third-order valence-corrected chi connectivity index (χ3v) is 7.56. The lowest BCUT2D eigenvalue weighted by molar-refractivity contribution is -0.163. The Morgan fingerprint density at radius 3 is 1.63 bits per heavy atom. The number of benzene rings is 2. The minimum atomic E-state index is -1.87. The molecule has 5 N–H and O–H groups in total. The van der Waals surface area contributed by atoms with Gasteiger partial charge in [-0.2, -0.15) is 0 Å². The molecule has 0 bridgehead atoms. The van der Waals surface area contributed by atoms with Crippen LogP contribution < -0.4 is 10.6 Å². The number of anilines is 2. The Hall–Kier alpha value is -5.02. The van der Waals surface area contributed by atoms with Gasteiger partial charge in [0, 0.05) is 13.1 Å². The van der Waals surface area contributed by atoms with Crippen molar-refractivity contribution in [1.29, 1.82) is 0 Å². The predicted octanol–water partition coefficient (Wildman–Crippen LogP) is 1.46. The lowest BCUT2D eigenvalue weighted by Gasteiger charge is -2.34. The summed E-state index contributed by atoms with van der Waals surface area (Å²) in [5.41, 5.74) is 3.56. The van der Waals surface area contributed by atoms with Crippen LogP contribution in [0.25, 0.3) is 22.3 Å². The van der Waals surface area contributed by atoms with Crippen molar-refractivity contribution in [2.24, 2.45) is 0 Å². The topological polar surface area (TPSA) is 181 Å². The molecule has 0 saturated carbocycles. The van der Waals surface area contributed by atoms with Crippen LogP contribution in [0.3, 0.4) is 0 Å². The van der Waals surface area contributed by atoms with Crippen LogP contribution in [0.4, 0.5) is 11.6 Å². The van der Waals surface area contributed by atoms with E-state index in [4.69, 9.17) is 4.74 Å². The first-order valence-corrected chi connectivity index (χ1v) is 13.7. The van der Waals surface area contributed by atoms with Crippen LogP contribution in [-0.4, -0.2) is 79.3 Å². The van der Waals surface area contributed by atoms with E-state index in [2.05, 4.69) is 40.5 Å². The van der Waals surface area contributed by atoms with Crippen molar-refractivity contribution in [2.45, 2.75) is 37.3 Å². The van der Waals surface area contributed by atoms with Crippen molar-refractivity contribution >= 4 is 34.0 Å². The number of imidazole rings is 2. The van der Waals surface area contributed by atoms with Gasteiger partial charge in [0.05, 0.1) is 6.61 Å². The number of hydrogen-bond acceptors (Lipinski definition) is 12. The molecule has 0 spiro atoms. The summed E-state index contributed by atoms with van der Waals surface area (Å²) in [6.07, 6.45) is 1.50. The molecular weight excluding hydrogens is 552 g/mol. The highest BCUT2D eigenvalue weighted by Gasteiger charge is 2.58. The van der Waals surface area contributed by atoms with E-state index in [9.17, 15) is 15.3 Å². The van der Waals surface area contributed by atoms with Gasteiger partial charge in [0.25, 0.3) is 5.85 Å². The fraction of sp³-hybridized carbons (Fsp3) is 0.241. The second-order valence-electron chi connectivity index (χ2n) is 10.1. The van der Waals surface area contributed by atoms with E-state index in [-0.39, 0.29) is 0 Å². The second-order valence-corrected chi connectivity index (χ2v) is 10.1. The first-order chi connectivity index (χ1) is 21.1. The zero-order chi connectivity index (χ0) is 29.4. The highest BCUT2D eigenvalue weighted by molar-refractivity contribution is 5.84. The van der Waals surface area contributed by atoms with Crippen LogP contribution in [0.15, 0.2) is 86.0 Å². The van der Waals surface area contributed by atoms with Gasteiger partial charge in [-0.15, -0.1) is 0 Å². The predicted molar refractivity (Wildman–Crippen MR) is 156 cm³/mol. The molecule has 6 aromatic rings. The number of nitrogens with one attached hydrogen (secondary N) is 2. The van der Waals surface area contributed by atoms with Gasteiger partial charge >= 0.3 is 0 Å². The molecular formula is C29H28N10O4. The fourth-order valence-electron chi connectivity index (χ4n) is 5.41. The summed E-state index contributed by atoms with van der Waals surface area (Å²) in [6, 6.07) is 19.7. The Kier molecular flexibility index (Phi) is 6.87. The molecule has 0 unspecified atom stereocenters. The first kappa shape index (κ1) is 26.9. The van der Waals surface area contributed by atoms with Gasteiger partial charge < -0.3 is 30.7 Å². The Balaban J connectivity index is 1.32. The number of aromatic nitrogens is 8. The number of hydrogen-bond donors (Lipinski definition) is 5. The summed E-state index contributed by atoms with van der Waals surface area (Å²) in [6.45, 7) is 0.450. The molecule has 1 aliphatic rings. The maximum atomic E-state index is 11.6. The summed E-state index contributed by atoms with van der Waals surface area (Å²) in [5.74, 6) is -0.925. The van der Waals surface area contributed by atoms with Gasteiger partial charge in [-0.1, -0.05) is 60.7 Å². The van der Waals surface area contributed by atoms with Gasteiger partial charge in [-0.3, -0.25) is 9.13 Å². The largest absolute Gasteiger partial charge is 0.394 e. The number of aliphatic hydroxyl groups is 3.